The molecule has 2 atom stereocenters. The number of nitrogens with one attached hydrogen (secondary N) is 1. The van der Waals surface area contributed by atoms with Gasteiger partial charge in [-0.05, 0) is 17.7 Å². The Balaban J connectivity index is 1.92. The summed E-state index contributed by atoms with van der Waals surface area (Å²) in [7, 11) is 0. The monoisotopic (exact) mass is 374 g/mol. The van der Waals surface area contributed by atoms with Gasteiger partial charge in [0.15, 0.2) is 0 Å². The number of nitrogens with zero attached hydrogens (tertiary/aromatic N) is 1. The predicted molar refractivity (Wildman–Crippen MR) is 95.1 cm³/mol. The van der Waals surface area contributed by atoms with Crippen molar-refractivity contribution in [2.24, 2.45) is 0 Å². The minimum atomic E-state index is -4.99. The van der Waals surface area contributed by atoms with Crippen molar-refractivity contribution < 1.29 is 22.7 Å². The van der Waals surface area contributed by atoms with Crippen molar-refractivity contribution in [3.05, 3.63) is 60.2 Å². The van der Waals surface area contributed by atoms with Crippen LogP contribution in [0, 0.1) is 12.3 Å². The molecule has 1 amide bonds. The van der Waals surface area contributed by atoms with E-state index in [0.717, 1.165) is 5.56 Å². The number of hydrogen-bond donors (Lipinski definition) is 1. The number of fused-ring (bicyclic) bond motifs is 1. The van der Waals surface area contributed by atoms with Gasteiger partial charge in [-0.1, -0.05) is 48.4 Å². The van der Waals surface area contributed by atoms with Crippen LogP contribution < -0.4 is 10.1 Å². The second-order valence-electron chi connectivity index (χ2n) is 6.08. The molecule has 0 aliphatic carbocycles. The Bertz CT molecular complexity index is 846. The van der Waals surface area contributed by atoms with Crippen LogP contribution in [-0.4, -0.2) is 36.1 Å². The summed E-state index contributed by atoms with van der Waals surface area (Å²) in [6, 6.07) is 15.6. The summed E-state index contributed by atoms with van der Waals surface area (Å²) in [6.45, 7) is -0.698. The molecule has 7 heteroatoms. The van der Waals surface area contributed by atoms with Gasteiger partial charge >= 0.3 is 12.1 Å². The van der Waals surface area contributed by atoms with Gasteiger partial charge < -0.3 is 15.0 Å². The van der Waals surface area contributed by atoms with E-state index in [1.165, 1.54) is 0 Å². The Labute approximate surface area is 154 Å². The van der Waals surface area contributed by atoms with Crippen molar-refractivity contribution >= 4 is 11.6 Å². The standard InChI is InChI=1S/C20H17F3N2O2/c1-2-12-25(19(26)20(21,22)23)13-16-18(14-8-4-3-5-9-14)27-17-11-7-6-10-15(17)24-16/h1,3-11,16,18,24H,12-13H2. The first-order valence-corrected chi connectivity index (χ1v) is 8.27. The molecule has 1 heterocycles. The maximum atomic E-state index is 12.9. The quantitative estimate of drug-likeness (QED) is 0.831. The van der Waals surface area contributed by atoms with Gasteiger partial charge in [0.1, 0.15) is 11.9 Å². The summed E-state index contributed by atoms with van der Waals surface area (Å²) in [5.41, 5.74) is 1.43. The van der Waals surface area contributed by atoms with E-state index >= 15 is 0 Å². The summed E-state index contributed by atoms with van der Waals surface area (Å²) < 4.78 is 44.8. The molecule has 0 radical (unpaired) electrons. The average Bonchev–Trinajstić information content (AvgIpc) is 2.66. The maximum Gasteiger partial charge on any atom is 0.471 e. The number of carbonyl (C=O) groups excluding carboxylic acids is 1. The number of amides is 1. The lowest BCUT2D eigenvalue weighted by atomic mass is 9.99. The van der Waals surface area contributed by atoms with Gasteiger partial charge in [-0.3, -0.25) is 4.79 Å². The third-order valence-electron chi connectivity index (χ3n) is 4.20. The average molecular weight is 374 g/mol. The molecule has 27 heavy (non-hydrogen) atoms. The lowest BCUT2D eigenvalue weighted by Gasteiger charge is -2.37. The summed E-state index contributed by atoms with van der Waals surface area (Å²) in [4.78, 5) is 12.4. The van der Waals surface area contributed by atoms with Crippen molar-refractivity contribution in [2.45, 2.75) is 18.3 Å². The minimum Gasteiger partial charge on any atom is -0.481 e. The fourth-order valence-electron chi connectivity index (χ4n) is 3.01. The van der Waals surface area contributed by atoms with E-state index in [4.69, 9.17) is 11.2 Å². The number of rotatable bonds is 4. The number of anilines is 1. The van der Waals surface area contributed by atoms with Crippen LogP contribution in [0.3, 0.4) is 0 Å². The molecule has 0 saturated heterocycles. The van der Waals surface area contributed by atoms with Crippen LogP contribution in [0.5, 0.6) is 5.75 Å². The van der Waals surface area contributed by atoms with Gasteiger partial charge in [0.25, 0.3) is 0 Å². The van der Waals surface area contributed by atoms with E-state index in [1.54, 1.807) is 24.3 Å². The molecule has 0 fully saturated rings. The number of para-hydroxylation sites is 2. The lowest BCUT2D eigenvalue weighted by molar-refractivity contribution is -0.185. The number of alkyl halides is 3. The van der Waals surface area contributed by atoms with Gasteiger partial charge in [-0.2, -0.15) is 13.2 Å². The Kier molecular flexibility index (Phi) is 5.26. The number of ether oxygens (including phenoxy) is 1. The topological polar surface area (TPSA) is 41.6 Å². The second kappa shape index (κ2) is 7.62. The highest BCUT2D eigenvalue weighted by molar-refractivity contribution is 5.82. The van der Waals surface area contributed by atoms with Crippen molar-refractivity contribution in [2.75, 3.05) is 18.4 Å². The third kappa shape index (κ3) is 4.17. The zero-order valence-corrected chi connectivity index (χ0v) is 14.2. The van der Waals surface area contributed by atoms with Crippen LogP contribution in [0.25, 0.3) is 0 Å². The van der Waals surface area contributed by atoms with Gasteiger partial charge in [-0.25, -0.2) is 0 Å². The van der Waals surface area contributed by atoms with Crippen molar-refractivity contribution in [1.29, 1.82) is 0 Å². The molecular formula is C20H17F3N2O2. The molecule has 2 aromatic rings. The van der Waals surface area contributed by atoms with Crippen LogP contribution in [0.1, 0.15) is 11.7 Å². The van der Waals surface area contributed by atoms with Gasteiger partial charge in [-0.15, -0.1) is 6.42 Å². The molecule has 3 rings (SSSR count). The molecule has 1 N–H and O–H groups in total. The molecule has 0 bridgehead atoms. The van der Waals surface area contributed by atoms with Crippen LogP contribution >= 0.6 is 0 Å². The van der Waals surface area contributed by atoms with Gasteiger partial charge in [0.05, 0.1) is 18.3 Å². The predicted octanol–water partition coefficient (Wildman–Crippen LogP) is 3.62. The fourth-order valence-corrected chi connectivity index (χ4v) is 3.01. The molecular weight excluding hydrogens is 357 g/mol. The van der Waals surface area contributed by atoms with Gasteiger partial charge in [0, 0.05) is 6.54 Å². The van der Waals surface area contributed by atoms with Crippen molar-refractivity contribution in [1.82, 2.24) is 4.90 Å². The Morgan fingerprint density at radius 3 is 2.48 bits per heavy atom. The molecule has 2 unspecified atom stereocenters. The molecule has 0 saturated carbocycles. The molecule has 0 spiro atoms. The van der Waals surface area contributed by atoms with E-state index < -0.39 is 30.8 Å². The molecule has 1 aliphatic rings. The first kappa shape index (κ1) is 18.6. The van der Waals surface area contributed by atoms with Crippen molar-refractivity contribution in [3.63, 3.8) is 0 Å². The molecule has 0 aromatic heterocycles. The van der Waals surface area contributed by atoms with Crippen LogP contribution in [0.2, 0.25) is 0 Å². The zero-order valence-electron chi connectivity index (χ0n) is 14.2. The van der Waals surface area contributed by atoms with E-state index in [-0.39, 0.29) is 6.54 Å². The zero-order chi connectivity index (χ0) is 19.4. The molecule has 140 valence electrons. The highest BCUT2D eigenvalue weighted by atomic mass is 19.4. The molecule has 2 aromatic carbocycles. The normalized spacial score (nSPS) is 18.4. The lowest BCUT2D eigenvalue weighted by Crippen LogP contribution is -2.50. The van der Waals surface area contributed by atoms with E-state index in [0.29, 0.717) is 16.3 Å². The highest BCUT2D eigenvalue weighted by Gasteiger charge is 2.44. The first-order valence-electron chi connectivity index (χ1n) is 8.27. The molecule has 4 nitrogen and oxygen atoms in total. The van der Waals surface area contributed by atoms with Crippen LogP contribution in [0.15, 0.2) is 54.6 Å². The Morgan fingerprint density at radius 2 is 1.81 bits per heavy atom. The van der Waals surface area contributed by atoms with Crippen LogP contribution in [0.4, 0.5) is 18.9 Å². The Morgan fingerprint density at radius 1 is 1.15 bits per heavy atom. The smallest absolute Gasteiger partial charge is 0.471 e. The minimum absolute atomic E-state index is 0.254. The SMILES string of the molecule is C#CCN(CC1Nc2ccccc2OC1c1ccccc1)C(=O)C(F)(F)F. The highest BCUT2D eigenvalue weighted by Crippen LogP contribution is 2.37. The number of hydrogen-bond acceptors (Lipinski definition) is 3. The van der Waals surface area contributed by atoms with E-state index in [9.17, 15) is 18.0 Å². The Hall–Kier alpha value is -3.14. The summed E-state index contributed by atoms with van der Waals surface area (Å²) in [5.74, 6) is 0.747. The molecule has 1 aliphatic heterocycles. The second-order valence-corrected chi connectivity index (χ2v) is 6.08. The van der Waals surface area contributed by atoms with Crippen LogP contribution in [-0.2, 0) is 4.79 Å². The summed E-state index contributed by atoms with van der Waals surface area (Å²) in [5, 5.41) is 3.19. The maximum absolute atomic E-state index is 12.9. The largest absolute Gasteiger partial charge is 0.481 e. The number of carbonyl (C=O) groups is 1. The van der Waals surface area contributed by atoms with Gasteiger partial charge in [0.2, 0.25) is 0 Å². The number of terminal acetylenes is 1. The number of benzene rings is 2. The summed E-state index contributed by atoms with van der Waals surface area (Å²) in [6.07, 6.45) is -0.400. The third-order valence-corrected chi connectivity index (χ3v) is 4.20. The number of halogens is 3. The summed E-state index contributed by atoms with van der Waals surface area (Å²) >= 11 is 0. The van der Waals surface area contributed by atoms with Crippen molar-refractivity contribution in [3.8, 4) is 18.1 Å². The first-order chi connectivity index (χ1) is 12.9. The van der Waals surface area contributed by atoms with E-state index in [2.05, 4.69) is 11.2 Å². The van der Waals surface area contributed by atoms with E-state index in [1.807, 2.05) is 30.3 Å². The fraction of sp³-hybridized carbons (Fsp3) is 0.250.